The maximum Gasteiger partial charge on any atom is 0.219 e. The van der Waals surface area contributed by atoms with Gasteiger partial charge in [-0.1, -0.05) is 11.6 Å². The van der Waals surface area contributed by atoms with Crippen molar-refractivity contribution in [1.29, 1.82) is 0 Å². The van der Waals surface area contributed by atoms with Gasteiger partial charge in [-0.3, -0.25) is 14.5 Å². The Balaban J connectivity index is 1.59. The monoisotopic (exact) mass is 349 g/mol. The summed E-state index contributed by atoms with van der Waals surface area (Å²) in [6, 6.07) is 7.17. The minimum Gasteiger partial charge on any atom is -0.340 e. The van der Waals surface area contributed by atoms with Gasteiger partial charge >= 0.3 is 0 Å². The highest BCUT2D eigenvalue weighted by molar-refractivity contribution is 6.30. The van der Waals surface area contributed by atoms with Gasteiger partial charge in [-0.05, 0) is 43.7 Å². The quantitative estimate of drug-likeness (QED) is 0.848. The van der Waals surface area contributed by atoms with Crippen molar-refractivity contribution in [2.24, 2.45) is 5.92 Å². The molecule has 3 rings (SSSR count). The van der Waals surface area contributed by atoms with Crippen LogP contribution in [-0.2, 0) is 4.79 Å². The van der Waals surface area contributed by atoms with Crippen molar-refractivity contribution in [2.75, 3.05) is 32.7 Å². The number of Topliss-reactive ketones (excluding diaryl/α,β-unsaturated/α-hetero) is 1. The third-order valence-electron chi connectivity index (χ3n) is 5.08. The number of ketones is 1. The number of rotatable bonds is 3. The number of carbonyl (C=O) groups excluding carboxylic acids is 2. The lowest BCUT2D eigenvalue weighted by Crippen LogP contribution is -2.58. The second-order valence-electron chi connectivity index (χ2n) is 6.60. The van der Waals surface area contributed by atoms with Crippen LogP contribution in [0.15, 0.2) is 24.3 Å². The summed E-state index contributed by atoms with van der Waals surface area (Å²) in [6.45, 7) is 5.72. The van der Waals surface area contributed by atoms with E-state index in [-0.39, 0.29) is 23.8 Å². The highest BCUT2D eigenvalue weighted by atomic mass is 35.5. The Morgan fingerprint density at radius 3 is 2.42 bits per heavy atom. The molecule has 0 aromatic heterocycles. The highest BCUT2D eigenvalue weighted by Crippen LogP contribution is 2.24. The Labute approximate surface area is 147 Å². The lowest BCUT2D eigenvalue weighted by Gasteiger charge is -2.42. The predicted molar refractivity (Wildman–Crippen MR) is 94.1 cm³/mol. The number of piperazine rings is 1. The zero-order valence-electron chi connectivity index (χ0n) is 14.0. The Bertz CT molecular complexity index is 597. The van der Waals surface area contributed by atoms with E-state index in [2.05, 4.69) is 10.2 Å². The number of halogens is 1. The van der Waals surface area contributed by atoms with Crippen LogP contribution in [-0.4, -0.2) is 60.4 Å². The largest absolute Gasteiger partial charge is 0.340 e. The molecule has 130 valence electrons. The third kappa shape index (κ3) is 3.97. The van der Waals surface area contributed by atoms with Gasteiger partial charge in [0.2, 0.25) is 5.91 Å². The van der Waals surface area contributed by atoms with E-state index in [9.17, 15) is 9.59 Å². The van der Waals surface area contributed by atoms with Crippen LogP contribution in [0.2, 0.25) is 5.02 Å². The summed E-state index contributed by atoms with van der Waals surface area (Å²) in [6.07, 6.45) is 1.90. The van der Waals surface area contributed by atoms with Gasteiger partial charge < -0.3 is 10.2 Å². The van der Waals surface area contributed by atoms with E-state index in [1.165, 1.54) is 0 Å². The Morgan fingerprint density at radius 2 is 1.79 bits per heavy atom. The van der Waals surface area contributed by atoms with E-state index in [1.807, 2.05) is 17.0 Å². The molecule has 6 heteroatoms. The first kappa shape index (κ1) is 17.4. The van der Waals surface area contributed by atoms with Crippen molar-refractivity contribution in [1.82, 2.24) is 15.1 Å². The van der Waals surface area contributed by atoms with Crippen LogP contribution in [0.25, 0.3) is 0 Å². The first-order valence-electron chi connectivity index (χ1n) is 8.57. The Morgan fingerprint density at radius 1 is 1.12 bits per heavy atom. The van der Waals surface area contributed by atoms with Gasteiger partial charge in [0, 0.05) is 49.6 Å². The molecule has 2 aliphatic rings. The average molecular weight is 350 g/mol. The molecule has 2 fully saturated rings. The second kappa shape index (κ2) is 7.64. The van der Waals surface area contributed by atoms with Crippen molar-refractivity contribution in [3.63, 3.8) is 0 Å². The summed E-state index contributed by atoms with van der Waals surface area (Å²) in [7, 11) is 0. The van der Waals surface area contributed by atoms with E-state index < -0.39 is 0 Å². The molecule has 1 aromatic rings. The number of nitrogens with one attached hydrogen (secondary N) is 1. The lowest BCUT2D eigenvalue weighted by atomic mass is 9.87. The zero-order chi connectivity index (χ0) is 17.1. The van der Waals surface area contributed by atoms with Gasteiger partial charge in [0.1, 0.15) is 0 Å². The van der Waals surface area contributed by atoms with Crippen LogP contribution >= 0.6 is 11.6 Å². The molecule has 1 amide bonds. The summed E-state index contributed by atoms with van der Waals surface area (Å²) in [4.78, 5) is 28.4. The number of carbonyl (C=O) groups is 2. The van der Waals surface area contributed by atoms with Gasteiger partial charge in [0.05, 0.1) is 6.17 Å². The molecule has 1 aromatic carbocycles. The summed E-state index contributed by atoms with van der Waals surface area (Å²) < 4.78 is 0. The molecule has 0 radical (unpaired) electrons. The maximum atomic E-state index is 12.7. The van der Waals surface area contributed by atoms with Gasteiger partial charge in [0.15, 0.2) is 5.78 Å². The van der Waals surface area contributed by atoms with E-state index in [0.717, 1.165) is 51.1 Å². The fourth-order valence-corrected chi connectivity index (χ4v) is 3.74. The van der Waals surface area contributed by atoms with E-state index in [0.29, 0.717) is 5.02 Å². The lowest BCUT2D eigenvalue weighted by molar-refractivity contribution is -0.131. The highest BCUT2D eigenvalue weighted by Gasteiger charge is 2.32. The molecule has 2 unspecified atom stereocenters. The van der Waals surface area contributed by atoms with Crippen LogP contribution in [0.5, 0.6) is 0 Å². The molecule has 0 aliphatic carbocycles. The minimum absolute atomic E-state index is 0.0447. The van der Waals surface area contributed by atoms with Crippen molar-refractivity contribution < 1.29 is 9.59 Å². The summed E-state index contributed by atoms with van der Waals surface area (Å²) >= 11 is 5.90. The summed E-state index contributed by atoms with van der Waals surface area (Å²) in [5.74, 6) is 0.394. The number of amides is 1. The number of hydrogen-bond acceptors (Lipinski definition) is 4. The fourth-order valence-electron chi connectivity index (χ4n) is 3.61. The first-order valence-corrected chi connectivity index (χ1v) is 8.95. The second-order valence-corrected chi connectivity index (χ2v) is 7.04. The molecule has 2 heterocycles. The van der Waals surface area contributed by atoms with Crippen LogP contribution in [0.3, 0.4) is 0 Å². The molecule has 1 N–H and O–H groups in total. The molecular formula is C18H24ClN3O2. The van der Waals surface area contributed by atoms with E-state index >= 15 is 0 Å². The van der Waals surface area contributed by atoms with E-state index in [1.54, 1.807) is 19.1 Å². The molecule has 0 bridgehead atoms. The standard InChI is InChI=1S/C18H24ClN3O2/c1-13(23)21-8-10-22(11-9-21)17-12-15(6-7-20-17)18(24)14-2-4-16(19)5-3-14/h2-5,15,17,20H,6-12H2,1H3. The van der Waals surface area contributed by atoms with Crippen molar-refractivity contribution >= 4 is 23.3 Å². The number of nitrogens with zero attached hydrogens (tertiary/aromatic N) is 2. The Hall–Kier alpha value is -1.43. The van der Waals surface area contributed by atoms with Gasteiger partial charge in [-0.25, -0.2) is 0 Å². The SMILES string of the molecule is CC(=O)N1CCN(C2CC(C(=O)c3ccc(Cl)cc3)CCN2)CC1. The zero-order valence-corrected chi connectivity index (χ0v) is 14.8. The topological polar surface area (TPSA) is 52.7 Å². The normalized spacial score (nSPS) is 25.5. The van der Waals surface area contributed by atoms with Crippen molar-refractivity contribution in [3.05, 3.63) is 34.9 Å². The number of piperidine rings is 1. The van der Waals surface area contributed by atoms with E-state index in [4.69, 9.17) is 11.6 Å². The fraction of sp³-hybridized carbons (Fsp3) is 0.556. The third-order valence-corrected chi connectivity index (χ3v) is 5.33. The van der Waals surface area contributed by atoms with Gasteiger partial charge in [-0.15, -0.1) is 0 Å². The molecule has 0 saturated carbocycles. The van der Waals surface area contributed by atoms with Gasteiger partial charge in [-0.2, -0.15) is 0 Å². The minimum atomic E-state index is 0.0447. The molecule has 2 atom stereocenters. The average Bonchev–Trinajstić information content (AvgIpc) is 2.62. The predicted octanol–water partition coefficient (Wildman–Crippen LogP) is 2.01. The molecular weight excluding hydrogens is 326 g/mol. The van der Waals surface area contributed by atoms with Crippen LogP contribution in [0.4, 0.5) is 0 Å². The molecule has 0 spiro atoms. The van der Waals surface area contributed by atoms with Crippen LogP contribution in [0.1, 0.15) is 30.1 Å². The molecule has 2 saturated heterocycles. The Kier molecular flexibility index (Phi) is 5.54. The molecule has 2 aliphatic heterocycles. The first-order chi connectivity index (χ1) is 11.5. The smallest absolute Gasteiger partial charge is 0.219 e. The summed E-state index contributed by atoms with van der Waals surface area (Å²) in [5, 5.41) is 4.18. The number of hydrogen-bond donors (Lipinski definition) is 1. The molecule has 24 heavy (non-hydrogen) atoms. The van der Waals surface area contributed by atoms with Crippen molar-refractivity contribution in [2.45, 2.75) is 25.9 Å². The van der Waals surface area contributed by atoms with Gasteiger partial charge in [0.25, 0.3) is 0 Å². The van der Waals surface area contributed by atoms with Crippen LogP contribution in [0, 0.1) is 5.92 Å². The van der Waals surface area contributed by atoms with Crippen molar-refractivity contribution in [3.8, 4) is 0 Å². The number of benzene rings is 1. The summed E-state index contributed by atoms with van der Waals surface area (Å²) in [5.41, 5.74) is 0.742. The van der Waals surface area contributed by atoms with Crippen LogP contribution < -0.4 is 5.32 Å². The maximum absolute atomic E-state index is 12.7. The molecule has 5 nitrogen and oxygen atoms in total.